The molecule has 1 aliphatic carbocycles. The summed E-state index contributed by atoms with van der Waals surface area (Å²) in [5.74, 6) is 1.01. The molecule has 1 heterocycles. The lowest BCUT2D eigenvalue weighted by molar-refractivity contribution is -0.122. The largest absolute Gasteiger partial charge is 0.490 e. The van der Waals surface area contributed by atoms with Gasteiger partial charge in [-0.15, -0.1) is 0 Å². The number of benzene rings is 1. The molecule has 1 saturated carbocycles. The van der Waals surface area contributed by atoms with Crippen molar-refractivity contribution in [2.45, 2.75) is 50.8 Å². The number of para-hydroxylation sites is 1. The van der Waals surface area contributed by atoms with Crippen molar-refractivity contribution in [2.75, 3.05) is 6.54 Å². The van der Waals surface area contributed by atoms with Crippen molar-refractivity contribution in [1.82, 2.24) is 10.6 Å². The Morgan fingerprint density at radius 1 is 1.25 bits per heavy atom. The van der Waals surface area contributed by atoms with Gasteiger partial charge in [-0.3, -0.25) is 4.79 Å². The van der Waals surface area contributed by atoms with Gasteiger partial charge in [0.15, 0.2) is 0 Å². The number of rotatable bonds is 5. The van der Waals surface area contributed by atoms with Crippen LogP contribution in [0.2, 0.25) is 0 Å². The number of ether oxygens (including phenoxy) is 1. The highest BCUT2D eigenvalue weighted by Gasteiger charge is 2.23. The van der Waals surface area contributed by atoms with Crippen LogP contribution in [0.5, 0.6) is 5.75 Å². The monoisotopic (exact) mass is 274 g/mol. The smallest absolute Gasteiger partial charge is 0.237 e. The highest BCUT2D eigenvalue weighted by Crippen LogP contribution is 2.27. The fourth-order valence-corrected chi connectivity index (χ4v) is 2.65. The topological polar surface area (TPSA) is 50.4 Å². The number of carbonyl (C=O) groups is 1. The zero-order valence-corrected chi connectivity index (χ0v) is 11.7. The summed E-state index contributed by atoms with van der Waals surface area (Å²) >= 11 is 0. The van der Waals surface area contributed by atoms with Gasteiger partial charge in [0.25, 0.3) is 0 Å². The molecule has 4 nitrogen and oxygen atoms in total. The summed E-state index contributed by atoms with van der Waals surface area (Å²) in [5, 5.41) is 6.22. The van der Waals surface area contributed by atoms with Crippen molar-refractivity contribution >= 4 is 5.91 Å². The summed E-state index contributed by atoms with van der Waals surface area (Å²) in [6.45, 7) is 1.49. The highest BCUT2D eigenvalue weighted by molar-refractivity contribution is 5.82. The van der Waals surface area contributed by atoms with Gasteiger partial charge in [0.1, 0.15) is 5.75 Å². The molecular formula is C16H22N2O2. The van der Waals surface area contributed by atoms with Gasteiger partial charge in [0.05, 0.1) is 12.1 Å². The molecule has 2 aliphatic rings. The maximum absolute atomic E-state index is 12.0. The van der Waals surface area contributed by atoms with E-state index in [1.807, 2.05) is 24.3 Å². The Balaban J connectivity index is 1.57. The van der Waals surface area contributed by atoms with Gasteiger partial charge in [-0.25, -0.2) is 0 Å². The van der Waals surface area contributed by atoms with Gasteiger partial charge in [-0.2, -0.15) is 0 Å². The molecule has 1 unspecified atom stereocenters. The molecule has 1 atom stereocenters. The van der Waals surface area contributed by atoms with E-state index in [4.69, 9.17) is 4.74 Å². The van der Waals surface area contributed by atoms with Crippen molar-refractivity contribution in [3.05, 3.63) is 29.8 Å². The number of nitrogens with one attached hydrogen (secondary N) is 2. The van der Waals surface area contributed by atoms with E-state index in [0.717, 1.165) is 43.5 Å². The first kappa shape index (κ1) is 13.4. The molecule has 1 saturated heterocycles. The van der Waals surface area contributed by atoms with E-state index in [1.165, 1.54) is 6.42 Å². The predicted molar refractivity (Wildman–Crippen MR) is 77.6 cm³/mol. The maximum atomic E-state index is 12.0. The number of amides is 1. The molecule has 0 bridgehead atoms. The highest BCUT2D eigenvalue weighted by atomic mass is 16.5. The van der Waals surface area contributed by atoms with Crippen LogP contribution in [0.1, 0.15) is 37.7 Å². The van der Waals surface area contributed by atoms with E-state index in [9.17, 15) is 4.79 Å². The van der Waals surface area contributed by atoms with Crippen LogP contribution in [0.3, 0.4) is 0 Å². The molecule has 0 aromatic heterocycles. The van der Waals surface area contributed by atoms with E-state index < -0.39 is 0 Å². The van der Waals surface area contributed by atoms with Crippen LogP contribution < -0.4 is 15.4 Å². The number of carbonyl (C=O) groups excluding carboxylic acids is 1. The lowest BCUT2D eigenvalue weighted by Gasteiger charge is -2.27. The molecule has 1 aliphatic heterocycles. The standard InChI is InChI=1S/C16H22N2O2/c19-16(14-8-4-10-17-14)18-11-12-5-1-2-9-15(12)20-13-6-3-7-13/h1-2,5,9,13-14,17H,3-4,6-8,10-11H2,(H,18,19). The Morgan fingerprint density at radius 2 is 2.10 bits per heavy atom. The quantitative estimate of drug-likeness (QED) is 0.863. The summed E-state index contributed by atoms with van der Waals surface area (Å²) in [5.41, 5.74) is 1.06. The zero-order chi connectivity index (χ0) is 13.8. The molecule has 20 heavy (non-hydrogen) atoms. The molecule has 0 radical (unpaired) electrons. The Labute approximate surface area is 119 Å². The normalized spacial score (nSPS) is 22.3. The first-order valence-corrected chi connectivity index (χ1v) is 7.58. The molecule has 0 spiro atoms. The summed E-state index contributed by atoms with van der Waals surface area (Å²) in [6.07, 6.45) is 5.94. The van der Waals surface area contributed by atoms with Crippen LogP contribution in [0, 0.1) is 0 Å². The van der Waals surface area contributed by atoms with E-state index in [2.05, 4.69) is 10.6 Å². The van der Waals surface area contributed by atoms with Crippen molar-refractivity contribution in [1.29, 1.82) is 0 Å². The first-order valence-electron chi connectivity index (χ1n) is 7.58. The molecule has 4 heteroatoms. The average molecular weight is 274 g/mol. The second kappa shape index (κ2) is 6.27. The molecule has 2 fully saturated rings. The third kappa shape index (κ3) is 3.12. The van der Waals surface area contributed by atoms with Crippen LogP contribution in [-0.4, -0.2) is 24.6 Å². The number of hydrogen-bond acceptors (Lipinski definition) is 3. The average Bonchev–Trinajstić information content (AvgIpc) is 2.95. The van der Waals surface area contributed by atoms with Crippen LogP contribution in [0.4, 0.5) is 0 Å². The van der Waals surface area contributed by atoms with E-state index in [-0.39, 0.29) is 11.9 Å². The molecule has 3 rings (SSSR count). The van der Waals surface area contributed by atoms with Crippen molar-refractivity contribution < 1.29 is 9.53 Å². The molecule has 1 amide bonds. The van der Waals surface area contributed by atoms with Gasteiger partial charge >= 0.3 is 0 Å². The van der Waals surface area contributed by atoms with E-state index >= 15 is 0 Å². The van der Waals surface area contributed by atoms with Crippen molar-refractivity contribution in [2.24, 2.45) is 0 Å². The summed E-state index contributed by atoms with van der Waals surface area (Å²) in [6, 6.07) is 7.97. The van der Waals surface area contributed by atoms with Crippen LogP contribution >= 0.6 is 0 Å². The first-order chi connectivity index (χ1) is 9.83. The third-order valence-electron chi connectivity index (χ3n) is 4.15. The van der Waals surface area contributed by atoms with Crippen LogP contribution in [0.15, 0.2) is 24.3 Å². The Kier molecular flexibility index (Phi) is 4.21. The van der Waals surface area contributed by atoms with Gasteiger partial charge < -0.3 is 15.4 Å². The fourth-order valence-electron chi connectivity index (χ4n) is 2.65. The zero-order valence-electron chi connectivity index (χ0n) is 11.7. The lowest BCUT2D eigenvalue weighted by atomic mass is 9.96. The van der Waals surface area contributed by atoms with E-state index in [0.29, 0.717) is 12.6 Å². The molecule has 1 aromatic rings. The van der Waals surface area contributed by atoms with Crippen molar-refractivity contribution in [3.8, 4) is 5.75 Å². The molecular weight excluding hydrogens is 252 g/mol. The summed E-state index contributed by atoms with van der Waals surface area (Å²) < 4.78 is 5.97. The van der Waals surface area contributed by atoms with Gasteiger partial charge in [-0.05, 0) is 44.7 Å². The minimum Gasteiger partial charge on any atom is -0.490 e. The Morgan fingerprint density at radius 3 is 2.80 bits per heavy atom. The predicted octanol–water partition coefficient (Wildman–Crippen LogP) is 1.99. The summed E-state index contributed by atoms with van der Waals surface area (Å²) in [7, 11) is 0. The number of hydrogen-bond donors (Lipinski definition) is 2. The molecule has 1 aromatic carbocycles. The Bertz CT molecular complexity index is 465. The third-order valence-corrected chi connectivity index (χ3v) is 4.15. The minimum absolute atomic E-state index is 0.0188. The van der Waals surface area contributed by atoms with E-state index in [1.54, 1.807) is 0 Å². The SMILES string of the molecule is O=C(NCc1ccccc1OC1CCC1)C1CCCN1. The van der Waals surface area contributed by atoms with Crippen LogP contribution in [-0.2, 0) is 11.3 Å². The summed E-state index contributed by atoms with van der Waals surface area (Å²) in [4.78, 5) is 12.0. The van der Waals surface area contributed by atoms with Gasteiger partial charge in [0.2, 0.25) is 5.91 Å². The minimum atomic E-state index is -0.0188. The fraction of sp³-hybridized carbons (Fsp3) is 0.562. The van der Waals surface area contributed by atoms with Crippen molar-refractivity contribution in [3.63, 3.8) is 0 Å². The lowest BCUT2D eigenvalue weighted by Crippen LogP contribution is -2.40. The van der Waals surface area contributed by atoms with Gasteiger partial charge in [-0.1, -0.05) is 18.2 Å². The second-order valence-electron chi connectivity index (χ2n) is 5.65. The second-order valence-corrected chi connectivity index (χ2v) is 5.65. The molecule has 2 N–H and O–H groups in total. The molecule has 108 valence electrons. The Hall–Kier alpha value is -1.55. The maximum Gasteiger partial charge on any atom is 0.237 e. The van der Waals surface area contributed by atoms with Crippen LogP contribution in [0.25, 0.3) is 0 Å². The van der Waals surface area contributed by atoms with Gasteiger partial charge in [0, 0.05) is 12.1 Å².